The zero-order valence-corrected chi connectivity index (χ0v) is 12.8. The van der Waals surface area contributed by atoms with Gasteiger partial charge in [0, 0.05) is 6.42 Å². The summed E-state index contributed by atoms with van der Waals surface area (Å²) >= 11 is 0. The van der Waals surface area contributed by atoms with E-state index in [2.05, 4.69) is 5.32 Å². The number of aliphatic carboxylic acids is 1. The molecular formula is C16H23NO4. The normalized spacial score (nSPS) is 12.0. The summed E-state index contributed by atoms with van der Waals surface area (Å²) in [4.78, 5) is 22.7. The molecule has 1 unspecified atom stereocenters. The van der Waals surface area contributed by atoms with Crippen LogP contribution in [0.5, 0.6) is 5.75 Å². The van der Waals surface area contributed by atoms with Crippen LogP contribution in [0.1, 0.15) is 32.3 Å². The van der Waals surface area contributed by atoms with Crippen molar-refractivity contribution in [3.05, 3.63) is 29.8 Å². The van der Waals surface area contributed by atoms with E-state index in [4.69, 9.17) is 9.84 Å². The van der Waals surface area contributed by atoms with Crippen LogP contribution in [0.15, 0.2) is 24.3 Å². The van der Waals surface area contributed by atoms with E-state index in [1.165, 1.54) is 0 Å². The first-order valence-corrected chi connectivity index (χ1v) is 7.11. The number of carbonyl (C=O) groups is 2. The van der Waals surface area contributed by atoms with Crippen LogP contribution >= 0.6 is 0 Å². The summed E-state index contributed by atoms with van der Waals surface area (Å²) in [7, 11) is 0. The van der Waals surface area contributed by atoms with E-state index < -0.39 is 12.0 Å². The summed E-state index contributed by atoms with van der Waals surface area (Å²) in [6.45, 7) is 5.96. The second-order valence-corrected chi connectivity index (χ2v) is 5.39. The van der Waals surface area contributed by atoms with Crippen molar-refractivity contribution in [1.82, 2.24) is 5.32 Å². The van der Waals surface area contributed by atoms with E-state index in [1.54, 1.807) is 13.8 Å². The van der Waals surface area contributed by atoms with Gasteiger partial charge in [0.05, 0.1) is 6.61 Å². The van der Waals surface area contributed by atoms with E-state index in [1.807, 2.05) is 31.2 Å². The van der Waals surface area contributed by atoms with Gasteiger partial charge in [0.25, 0.3) is 0 Å². The maximum absolute atomic E-state index is 11.7. The van der Waals surface area contributed by atoms with Crippen molar-refractivity contribution in [2.45, 2.75) is 39.7 Å². The van der Waals surface area contributed by atoms with E-state index in [-0.39, 0.29) is 18.2 Å². The summed E-state index contributed by atoms with van der Waals surface area (Å²) in [5.74, 6) is -0.639. The van der Waals surface area contributed by atoms with Crippen molar-refractivity contribution < 1.29 is 19.4 Å². The monoisotopic (exact) mass is 293 g/mol. The van der Waals surface area contributed by atoms with E-state index >= 15 is 0 Å². The molecule has 0 aliphatic rings. The summed E-state index contributed by atoms with van der Waals surface area (Å²) in [6.07, 6.45) is 0.798. The number of hydrogen-bond donors (Lipinski definition) is 2. The molecule has 2 N–H and O–H groups in total. The van der Waals surface area contributed by atoms with Gasteiger partial charge in [-0.25, -0.2) is 4.79 Å². The Hall–Kier alpha value is -2.04. The predicted octanol–water partition coefficient (Wildman–Crippen LogP) is 2.38. The highest BCUT2D eigenvalue weighted by atomic mass is 16.5. The molecule has 0 saturated heterocycles. The average molecular weight is 293 g/mol. The zero-order chi connectivity index (χ0) is 15.8. The SMILES string of the molecule is Cc1ccc(OCCCC(=O)NC(C(=O)O)C(C)C)cc1. The van der Waals surface area contributed by atoms with Gasteiger partial charge in [0.2, 0.25) is 5.91 Å². The van der Waals surface area contributed by atoms with Crippen molar-refractivity contribution in [3.8, 4) is 5.75 Å². The average Bonchev–Trinajstić information content (AvgIpc) is 2.42. The molecule has 21 heavy (non-hydrogen) atoms. The molecule has 0 radical (unpaired) electrons. The molecule has 0 fully saturated rings. The van der Waals surface area contributed by atoms with Crippen LogP contribution in [-0.4, -0.2) is 29.6 Å². The molecule has 1 rings (SSSR count). The van der Waals surface area contributed by atoms with Crippen molar-refractivity contribution >= 4 is 11.9 Å². The van der Waals surface area contributed by atoms with E-state index in [0.717, 1.165) is 11.3 Å². The third-order valence-electron chi connectivity index (χ3n) is 3.09. The van der Waals surface area contributed by atoms with E-state index in [0.29, 0.717) is 13.0 Å². The molecule has 116 valence electrons. The van der Waals surface area contributed by atoms with Crippen LogP contribution in [0, 0.1) is 12.8 Å². The number of amides is 1. The third kappa shape index (κ3) is 6.29. The van der Waals surface area contributed by atoms with Gasteiger partial charge in [-0.2, -0.15) is 0 Å². The Bertz CT molecular complexity index is 468. The number of carbonyl (C=O) groups excluding carboxylic acids is 1. The lowest BCUT2D eigenvalue weighted by Gasteiger charge is -2.17. The van der Waals surface area contributed by atoms with Crippen molar-refractivity contribution in [1.29, 1.82) is 0 Å². The lowest BCUT2D eigenvalue weighted by molar-refractivity contribution is -0.143. The van der Waals surface area contributed by atoms with Crippen LogP contribution in [-0.2, 0) is 9.59 Å². The molecule has 0 aliphatic heterocycles. The number of carboxylic acids is 1. The Kier molecular flexibility index (Phi) is 6.72. The number of hydrogen-bond acceptors (Lipinski definition) is 3. The molecule has 1 amide bonds. The molecule has 1 atom stereocenters. The maximum Gasteiger partial charge on any atom is 0.326 e. The third-order valence-corrected chi connectivity index (χ3v) is 3.09. The standard InChI is InChI=1S/C16H23NO4/c1-11(2)15(16(19)20)17-14(18)5-4-10-21-13-8-6-12(3)7-9-13/h6-9,11,15H,4-5,10H2,1-3H3,(H,17,18)(H,19,20). The summed E-state index contributed by atoms with van der Waals surface area (Å²) in [5.41, 5.74) is 1.16. The molecule has 0 aromatic heterocycles. The number of rotatable bonds is 8. The van der Waals surface area contributed by atoms with Crippen molar-refractivity contribution in [2.75, 3.05) is 6.61 Å². The second-order valence-electron chi connectivity index (χ2n) is 5.39. The smallest absolute Gasteiger partial charge is 0.326 e. The molecule has 5 heteroatoms. The van der Waals surface area contributed by atoms with Gasteiger partial charge in [-0.1, -0.05) is 31.5 Å². The highest BCUT2D eigenvalue weighted by Crippen LogP contribution is 2.11. The quantitative estimate of drug-likeness (QED) is 0.722. The largest absolute Gasteiger partial charge is 0.494 e. The molecule has 1 aromatic carbocycles. The van der Waals surface area contributed by atoms with Gasteiger partial charge in [-0.15, -0.1) is 0 Å². The predicted molar refractivity (Wildman–Crippen MR) is 80.3 cm³/mol. The van der Waals surface area contributed by atoms with Crippen molar-refractivity contribution in [3.63, 3.8) is 0 Å². The number of aryl methyl sites for hydroxylation is 1. The summed E-state index contributed by atoms with van der Waals surface area (Å²) < 4.78 is 5.51. The minimum absolute atomic E-state index is 0.143. The minimum atomic E-state index is -1.01. The fourth-order valence-electron chi connectivity index (χ4n) is 1.82. The molecular weight excluding hydrogens is 270 g/mol. The van der Waals surface area contributed by atoms with Gasteiger partial charge < -0.3 is 15.2 Å². The Labute approximate surface area is 125 Å². The molecule has 0 heterocycles. The first-order valence-electron chi connectivity index (χ1n) is 7.11. The molecule has 0 saturated carbocycles. The minimum Gasteiger partial charge on any atom is -0.494 e. The van der Waals surface area contributed by atoms with Crippen LogP contribution < -0.4 is 10.1 Å². The summed E-state index contributed by atoms with van der Waals surface area (Å²) in [5, 5.41) is 11.5. The van der Waals surface area contributed by atoms with E-state index in [9.17, 15) is 9.59 Å². The van der Waals surface area contributed by atoms with Crippen LogP contribution in [0.25, 0.3) is 0 Å². The van der Waals surface area contributed by atoms with Crippen LogP contribution in [0.4, 0.5) is 0 Å². The van der Waals surface area contributed by atoms with Gasteiger partial charge in [0.1, 0.15) is 11.8 Å². The highest BCUT2D eigenvalue weighted by molar-refractivity contribution is 5.83. The Morgan fingerprint density at radius 3 is 2.38 bits per heavy atom. The molecule has 1 aromatic rings. The first kappa shape index (κ1) is 17.0. The second kappa shape index (κ2) is 8.29. The summed E-state index contributed by atoms with van der Waals surface area (Å²) in [6, 6.07) is 6.85. The first-order chi connectivity index (χ1) is 9.90. The number of carboxylic acid groups (broad SMARTS) is 1. The van der Waals surface area contributed by atoms with Crippen molar-refractivity contribution in [2.24, 2.45) is 5.92 Å². The fourth-order valence-corrected chi connectivity index (χ4v) is 1.82. The molecule has 0 bridgehead atoms. The molecule has 0 spiro atoms. The Morgan fingerprint density at radius 2 is 1.86 bits per heavy atom. The Balaban J connectivity index is 2.27. The molecule has 5 nitrogen and oxygen atoms in total. The number of ether oxygens (including phenoxy) is 1. The van der Waals surface area contributed by atoms with Gasteiger partial charge >= 0.3 is 5.97 Å². The van der Waals surface area contributed by atoms with Crippen LogP contribution in [0.3, 0.4) is 0 Å². The van der Waals surface area contributed by atoms with Gasteiger partial charge in [0.15, 0.2) is 0 Å². The van der Waals surface area contributed by atoms with Gasteiger partial charge in [-0.05, 0) is 31.4 Å². The van der Waals surface area contributed by atoms with Crippen LogP contribution in [0.2, 0.25) is 0 Å². The molecule has 0 aliphatic carbocycles. The zero-order valence-electron chi connectivity index (χ0n) is 12.8. The Morgan fingerprint density at radius 1 is 1.24 bits per heavy atom. The fraction of sp³-hybridized carbons (Fsp3) is 0.500. The highest BCUT2D eigenvalue weighted by Gasteiger charge is 2.22. The number of nitrogens with one attached hydrogen (secondary N) is 1. The maximum atomic E-state index is 11.7. The topological polar surface area (TPSA) is 75.6 Å². The van der Waals surface area contributed by atoms with Gasteiger partial charge in [-0.3, -0.25) is 4.79 Å². The lowest BCUT2D eigenvalue weighted by Crippen LogP contribution is -2.44. The lowest BCUT2D eigenvalue weighted by atomic mass is 10.0. The number of benzene rings is 1.